The van der Waals surface area contributed by atoms with Crippen molar-refractivity contribution < 1.29 is 26.3 Å². The number of halogens is 7. The van der Waals surface area contributed by atoms with E-state index in [4.69, 9.17) is 11.6 Å². The lowest BCUT2D eigenvalue weighted by Gasteiger charge is -2.12. The fourth-order valence-corrected chi connectivity index (χ4v) is 3.47. The summed E-state index contributed by atoms with van der Waals surface area (Å²) in [6, 6.07) is 7.51. The van der Waals surface area contributed by atoms with E-state index in [-0.39, 0.29) is 22.0 Å². The molecule has 4 rings (SSSR count). The van der Waals surface area contributed by atoms with Gasteiger partial charge in [-0.05, 0) is 36.8 Å². The summed E-state index contributed by atoms with van der Waals surface area (Å²) < 4.78 is 79.8. The quantitative estimate of drug-likeness (QED) is 0.490. The van der Waals surface area contributed by atoms with E-state index in [0.29, 0.717) is 24.3 Å². The molecular weight excluding hydrogens is 420 g/mol. The van der Waals surface area contributed by atoms with Gasteiger partial charge in [0.25, 0.3) is 0 Å². The van der Waals surface area contributed by atoms with Crippen molar-refractivity contribution in [1.29, 1.82) is 0 Å². The zero-order chi connectivity index (χ0) is 21.0. The number of hydrogen-bond acceptors (Lipinski definition) is 2. The SMILES string of the molecule is FC(F)(F)c1cccc(-c2nn(-c3cc(C(F)(F)F)ccc3Cl)c3c2CCN3)c1. The lowest BCUT2D eigenvalue weighted by atomic mass is 10.0. The van der Waals surface area contributed by atoms with Crippen LogP contribution in [0.5, 0.6) is 0 Å². The minimum atomic E-state index is -4.58. The van der Waals surface area contributed by atoms with Crippen LogP contribution in [-0.2, 0) is 18.8 Å². The second kappa shape index (κ2) is 6.69. The lowest BCUT2D eigenvalue weighted by Crippen LogP contribution is -2.09. The Kier molecular flexibility index (Phi) is 4.53. The van der Waals surface area contributed by atoms with Gasteiger partial charge in [-0.3, -0.25) is 0 Å². The molecule has 0 bridgehead atoms. The first-order valence-electron chi connectivity index (χ1n) is 8.46. The number of alkyl halides is 6. The Labute approximate surface area is 165 Å². The van der Waals surface area contributed by atoms with Crippen LogP contribution in [0.1, 0.15) is 16.7 Å². The minimum absolute atomic E-state index is 0.00892. The van der Waals surface area contributed by atoms with E-state index in [1.165, 1.54) is 16.8 Å². The van der Waals surface area contributed by atoms with Gasteiger partial charge >= 0.3 is 12.4 Å². The molecule has 0 amide bonds. The first-order chi connectivity index (χ1) is 13.6. The molecule has 3 nitrogen and oxygen atoms in total. The zero-order valence-electron chi connectivity index (χ0n) is 14.5. The van der Waals surface area contributed by atoms with Gasteiger partial charge in [-0.1, -0.05) is 23.7 Å². The van der Waals surface area contributed by atoms with Crippen LogP contribution in [0.3, 0.4) is 0 Å². The summed E-state index contributed by atoms with van der Waals surface area (Å²) in [5.74, 6) is 0.415. The van der Waals surface area contributed by atoms with Crippen LogP contribution in [0.15, 0.2) is 42.5 Å². The van der Waals surface area contributed by atoms with E-state index >= 15 is 0 Å². The van der Waals surface area contributed by atoms with Gasteiger partial charge in [-0.15, -0.1) is 0 Å². The summed E-state index contributed by atoms with van der Waals surface area (Å²) in [7, 11) is 0. The number of anilines is 1. The fraction of sp³-hybridized carbons (Fsp3) is 0.211. The molecule has 29 heavy (non-hydrogen) atoms. The lowest BCUT2D eigenvalue weighted by molar-refractivity contribution is -0.138. The van der Waals surface area contributed by atoms with Crippen molar-refractivity contribution >= 4 is 17.4 Å². The molecule has 10 heteroatoms. The predicted octanol–water partition coefficient (Wildman–Crippen LogP) is 6.20. The molecule has 3 aromatic rings. The summed E-state index contributed by atoms with van der Waals surface area (Å²) in [6.45, 7) is 0.482. The minimum Gasteiger partial charge on any atom is -0.369 e. The average Bonchev–Trinajstić information content (AvgIpc) is 3.23. The van der Waals surface area contributed by atoms with Crippen LogP contribution < -0.4 is 5.32 Å². The van der Waals surface area contributed by atoms with Gasteiger partial charge in [0.1, 0.15) is 5.82 Å². The summed E-state index contributed by atoms with van der Waals surface area (Å²) in [5, 5.41) is 7.38. The van der Waals surface area contributed by atoms with E-state index in [9.17, 15) is 26.3 Å². The highest BCUT2D eigenvalue weighted by Crippen LogP contribution is 2.39. The summed E-state index contributed by atoms with van der Waals surface area (Å²) in [4.78, 5) is 0. The van der Waals surface area contributed by atoms with E-state index in [1.54, 1.807) is 0 Å². The molecule has 0 spiro atoms. The molecule has 1 N–H and O–H groups in total. The third kappa shape index (κ3) is 3.55. The monoisotopic (exact) mass is 431 g/mol. The van der Waals surface area contributed by atoms with Crippen LogP contribution in [0.25, 0.3) is 16.9 Å². The van der Waals surface area contributed by atoms with Crippen molar-refractivity contribution in [2.24, 2.45) is 0 Å². The van der Waals surface area contributed by atoms with Crippen molar-refractivity contribution in [3.8, 4) is 16.9 Å². The van der Waals surface area contributed by atoms with Crippen LogP contribution in [0.4, 0.5) is 32.2 Å². The van der Waals surface area contributed by atoms with Crippen molar-refractivity contribution in [3.05, 3.63) is 64.2 Å². The first kappa shape index (κ1) is 19.6. The highest BCUT2D eigenvalue weighted by molar-refractivity contribution is 6.32. The summed E-state index contributed by atoms with van der Waals surface area (Å²) in [6.07, 6.45) is -8.63. The fourth-order valence-electron chi connectivity index (χ4n) is 3.28. The normalized spacial score (nSPS) is 14.0. The summed E-state index contributed by atoms with van der Waals surface area (Å²) >= 11 is 6.12. The smallest absolute Gasteiger partial charge is 0.369 e. The summed E-state index contributed by atoms with van der Waals surface area (Å²) in [5.41, 5.74) is -0.629. The Bertz CT molecular complexity index is 1080. The molecule has 1 aromatic heterocycles. The third-order valence-electron chi connectivity index (χ3n) is 4.62. The van der Waals surface area contributed by atoms with E-state index in [1.807, 2.05) is 0 Å². The van der Waals surface area contributed by atoms with Gasteiger partial charge in [0.05, 0.1) is 27.5 Å². The van der Waals surface area contributed by atoms with Gasteiger partial charge < -0.3 is 5.32 Å². The number of nitrogens with zero attached hydrogens (tertiary/aromatic N) is 2. The molecule has 0 atom stereocenters. The third-order valence-corrected chi connectivity index (χ3v) is 4.94. The molecule has 0 radical (unpaired) electrons. The predicted molar refractivity (Wildman–Crippen MR) is 96.2 cm³/mol. The molecular formula is C19H12ClF6N3. The van der Waals surface area contributed by atoms with Crippen molar-refractivity contribution in [2.45, 2.75) is 18.8 Å². The van der Waals surface area contributed by atoms with Gasteiger partial charge in [-0.2, -0.15) is 31.4 Å². The maximum absolute atomic E-state index is 13.1. The van der Waals surface area contributed by atoms with Gasteiger partial charge in [0.2, 0.25) is 0 Å². The molecule has 0 aliphatic carbocycles. The maximum atomic E-state index is 13.1. The maximum Gasteiger partial charge on any atom is 0.416 e. The molecule has 0 fully saturated rings. The van der Waals surface area contributed by atoms with Crippen molar-refractivity contribution in [2.75, 3.05) is 11.9 Å². The second-order valence-electron chi connectivity index (χ2n) is 6.51. The van der Waals surface area contributed by atoms with Gasteiger partial charge in [-0.25, -0.2) is 4.68 Å². The Balaban J connectivity index is 1.88. The molecule has 0 unspecified atom stereocenters. The molecule has 0 saturated heterocycles. The number of nitrogens with one attached hydrogen (secondary N) is 1. The Morgan fingerprint density at radius 2 is 1.62 bits per heavy atom. The van der Waals surface area contributed by atoms with Crippen molar-refractivity contribution in [3.63, 3.8) is 0 Å². The average molecular weight is 432 g/mol. The largest absolute Gasteiger partial charge is 0.416 e. The van der Waals surface area contributed by atoms with E-state index in [2.05, 4.69) is 10.4 Å². The number of fused-ring (bicyclic) bond motifs is 1. The van der Waals surface area contributed by atoms with Gasteiger partial charge in [0.15, 0.2) is 0 Å². The molecule has 2 aromatic carbocycles. The zero-order valence-corrected chi connectivity index (χ0v) is 15.3. The van der Waals surface area contributed by atoms with Crippen LogP contribution in [-0.4, -0.2) is 16.3 Å². The highest BCUT2D eigenvalue weighted by Gasteiger charge is 2.33. The topological polar surface area (TPSA) is 29.9 Å². The Hall–Kier alpha value is -2.68. The molecule has 1 aliphatic rings. The van der Waals surface area contributed by atoms with E-state index in [0.717, 1.165) is 30.3 Å². The van der Waals surface area contributed by atoms with Gasteiger partial charge in [0, 0.05) is 17.7 Å². The molecule has 0 saturated carbocycles. The number of aromatic nitrogens is 2. The molecule has 2 heterocycles. The molecule has 1 aliphatic heterocycles. The first-order valence-corrected chi connectivity index (χ1v) is 8.84. The number of benzene rings is 2. The van der Waals surface area contributed by atoms with Crippen molar-refractivity contribution in [1.82, 2.24) is 9.78 Å². The van der Waals surface area contributed by atoms with Crippen LogP contribution in [0, 0.1) is 0 Å². The second-order valence-corrected chi connectivity index (χ2v) is 6.91. The standard InChI is InChI=1S/C19H12ClF6N3/c20-14-5-4-12(19(24,25)26)9-15(14)29-17-13(6-7-27-17)16(28-29)10-2-1-3-11(8-10)18(21,22)23/h1-5,8-9,27H,6-7H2. The van der Waals surface area contributed by atoms with Crippen LogP contribution >= 0.6 is 11.6 Å². The number of hydrogen-bond donors (Lipinski definition) is 1. The molecule has 152 valence electrons. The van der Waals surface area contributed by atoms with E-state index < -0.39 is 23.5 Å². The Morgan fingerprint density at radius 3 is 2.31 bits per heavy atom. The van der Waals surface area contributed by atoms with Crippen LogP contribution in [0.2, 0.25) is 5.02 Å². The Morgan fingerprint density at radius 1 is 0.931 bits per heavy atom. The highest BCUT2D eigenvalue weighted by atomic mass is 35.5. The number of rotatable bonds is 2.